The molecular weight excluding hydrogens is 362 g/mol. The molecule has 138 valence electrons. The number of rotatable bonds is 7. The number of benzene rings is 1. The fraction of sp³-hybridized carbons (Fsp3) is 0.294. The van der Waals surface area contributed by atoms with Crippen LogP contribution in [0.5, 0.6) is 5.75 Å². The van der Waals surface area contributed by atoms with Crippen molar-refractivity contribution in [3.05, 3.63) is 34.7 Å². The number of nitrogens with zero attached hydrogens (tertiary/aromatic N) is 1. The van der Waals surface area contributed by atoms with E-state index in [0.717, 1.165) is 4.90 Å². The Morgan fingerprint density at radius 2 is 1.92 bits per heavy atom. The Labute approximate surface area is 154 Å². The van der Waals surface area contributed by atoms with Gasteiger partial charge in [0.2, 0.25) is 0 Å². The summed E-state index contributed by atoms with van der Waals surface area (Å²) in [5.74, 6) is -1.43. The fourth-order valence-corrected chi connectivity index (χ4v) is 2.87. The lowest BCUT2D eigenvalue weighted by atomic mass is 10.2. The molecule has 0 radical (unpaired) electrons. The Kier molecular flexibility index (Phi) is 6.79. The standard InChI is InChI=1S/C17H17NO7S/c1-3-24-15(20)10-25-12-7-5-4-6-11(12)8-13-16(21)18(17(22)26-13)9-14(19)23-2/h4-8H,3,9-10H2,1-2H3/b13-8+. The maximum absolute atomic E-state index is 12.3. The summed E-state index contributed by atoms with van der Waals surface area (Å²) in [7, 11) is 1.17. The first-order valence-electron chi connectivity index (χ1n) is 7.66. The van der Waals surface area contributed by atoms with Gasteiger partial charge in [0.05, 0.1) is 18.6 Å². The van der Waals surface area contributed by atoms with E-state index in [1.54, 1.807) is 31.2 Å². The van der Waals surface area contributed by atoms with E-state index in [1.165, 1.54) is 13.2 Å². The normalized spacial score (nSPS) is 15.3. The highest BCUT2D eigenvalue weighted by molar-refractivity contribution is 8.18. The van der Waals surface area contributed by atoms with Crippen LogP contribution in [0.4, 0.5) is 4.79 Å². The maximum atomic E-state index is 12.3. The van der Waals surface area contributed by atoms with Gasteiger partial charge in [-0.15, -0.1) is 0 Å². The second-order valence-corrected chi connectivity index (χ2v) is 5.97. The summed E-state index contributed by atoms with van der Waals surface area (Å²) >= 11 is 0.714. The second kappa shape index (κ2) is 9.04. The minimum Gasteiger partial charge on any atom is -0.481 e. The summed E-state index contributed by atoms with van der Waals surface area (Å²) in [5.41, 5.74) is 0.514. The Balaban J connectivity index is 2.17. The van der Waals surface area contributed by atoms with Gasteiger partial charge in [-0.05, 0) is 30.8 Å². The maximum Gasteiger partial charge on any atom is 0.344 e. The quantitative estimate of drug-likeness (QED) is 0.523. The van der Waals surface area contributed by atoms with Gasteiger partial charge in [-0.1, -0.05) is 18.2 Å². The molecule has 1 fully saturated rings. The summed E-state index contributed by atoms with van der Waals surface area (Å²) in [4.78, 5) is 48.0. The van der Waals surface area contributed by atoms with Gasteiger partial charge in [-0.3, -0.25) is 19.3 Å². The highest BCUT2D eigenvalue weighted by Crippen LogP contribution is 2.33. The second-order valence-electron chi connectivity index (χ2n) is 4.98. The van der Waals surface area contributed by atoms with Gasteiger partial charge in [0.25, 0.3) is 11.1 Å². The van der Waals surface area contributed by atoms with Crippen molar-refractivity contribution in [1.82, 2.24) is 4.90 Å². The SMILES string of the molecule is CCOC(=O)COc1ccccc1/C=C1/SC(=O)N(CC(=O)OC)C1=O. The van der Waals surface area contributed by atoms with Gasteiger partial charge in [-0.25, -0.2) is 4.79 Å². The molecule has 0 N–H and O–H groups in total. The number of carbonyl (C=O) groups is 4. The van der Waals surface area contributed by atoms with Crippen molar-refractivity contribution in [2.75, 3.05) is 26.9 Å². The molecule has 1 aliphatic rings. The molecule has 1 aromatic rings. The summed E-state index contributed by atoms with van der Waals surface area (Å²) < 4.78 is 14.7. The smallest absolute Gasteiger partial charge is 0.344 e. The van der Waals surface area contributed by atoms with Crippen LogP contribution in [0.1, 0.15) is 12.5 Å². The van der Waals surface area contributed by atoms with Crippen molar-refractivity contribution in [3.8, 4) is 5.75 Å². The molecule has 26 heavy (non-hydrogen) atoms. The lowest BCUT2D eigenvalue weighted by Gasteiger charge is -2.10. The van der Waals surface area contributed by atoms with E-state index in [2.05, 4.69) is 4.74 Å². The minimum absolute atomic E-state index is 0.145. The third-order valence-electron chi connectivity index (χ3n) is 3.24. The van der Waals surface area contributed by atoms with Gasteiger partial charge < -0.3 is 14.2 Å². The molecule has 1 aliphatic heterocycles. The highest BCUT2D eigenvalue weighted by Gasteiger charge is 2.36. The number of carbonyl (C=O) groups excluding carboxylic acids is 4. The van der Waals surface area contributed by atoms with Gasteiger partial charge in [0.1, 0.15) is 12.3 Å². The van der Waals surface area contributed by atoms with E-state index < -0.39 is 29.6 Å². The average Bonchev–Trinajstić information content (AvgIpc) is 2.88. The number of ether oxygens (including phenoxy) is 3. The van der Waals surface area contributed by atoms with E-state index in [4.69, 9.17) is 9.47 Å². The van der Waals surface area contributed by atoms with Crippen LogP contribution in [0, 0.1) is 0 Å². The van der Waals surface area contributed by atoms with Gasteiger partial charge in [-0.2, -0.15) is 0 Å². The molecule has 0 bridgehead atoms. The number of amides is 2. The van der Waals surface area contributed by atoms with Crippen LogP contribution in [0.25, 0.3) is 6.08 Å². The molecule has 0 unspecified atom stereocenters. The van der Waals surface area contributed by atoms with Crippen LogP contribution in [0.15, 0.2) is 29.2 Å². The fourth-order valence-electron chi connectivity index (χ4n) is 2.04. The number of thioether (sulfide) groups is 1. The monoisotopic (exact) mass is 379 g/mol. The molecule has 1 aromatic carbocycles. The summed E-state index contributed by atoms with van der Waals surface area (Å²) in [6.45, 7) is 1.22. The lowest BCUT2D eigenvalue weighted by Crippen LogP contribution is -2.34. The lowest BCUT2D eigenvalue weighted by molar-refractivity contribution is -0.145. The number of para-hydroxylation sites is 1. The molecule has 1 heterocycles. The molecule has 2 amide bonds. The van der Waals surface area contributed by atoms with Crippen LogP contribution in [0.2, 0.25) is 0 Å². The van der Waals surface area contributed by atoms with Crippen LogP contribution in [-0.4, -0.2) is 54.9 Å². The Morgan fingerprint density at radius 1 is 1.19 bits per heavy atom. The van der Waals surface area contributed by atoms with Crippen molar-refractivity contribution in [3.63, 3.8) is 0 Å². The van der Waals surface area contributed by atoms with E-state index in [9.17, 15) is 19.2 Å². The molecule has 0 spiro atoms. The molecular formula is C17H17NO7S. The van der Waals surface area contributed by atoms with Gasteiger partial charge in [0.15, 0.2) is 6.61 Å². The predicted octanol–water partition coefficient (Wildman–Crippen LogP) is 1.84. The topological polar surface area (TPSA) is 99.2 Å². The summed E-state index contributed by atoms with van der Waals surface area (Å²) in [6, 6.07) is 6.74. The molecule has 9 heteroatoms. The van der Waals surface area contributed by atoms with E-state index in [0.29, 0.717) is 23.1 Å². The first-order chi connectivity index (χ1) is 12.5. The number of imide groups is 1. The van der Waals surface area contributed by atoms with Crippen LogP contribution >= 0.6 is 11.8 Å². The predicted molar refractivity (Wildman–Crippen MR) is 93.3 cm³/mol. The Morgan fingerprint density at radius 3 is 2.62 bits per heavy atom. The third-order valence-corrected chi connectivity index (χ3v) is 4.15. The van der Waals surface area contributed by atoms with E-state index >= 15 is 0 Å². The molecule has 0 atom stereocenters. The molecule has 2 rings (SSSR count). The van der Waals surface area contributed by atoms with Crippen molar-refractivity contribution in [2.24, 2.45) is 0 Å². The number of methoxy groups -OCH3 is 1. The van der Waals surface area contributed by atoms with Crippen molar-refractivity contribution < 1.29 is 33.4 Å². The largest absolute Gasteiger partial charge is 0.481 e. The van der Waals surface area contributed by atoms with E-state index in [-0.39, 0.29) is 18.1 Å². The van der Waals surface area contributed by atoms with Crippen molar-refractivity contribution in [1.29, 1.82) is 0 Å². The number of hydrogen-bond donors (Lipinski definition) is 0. The molecule has 0 aromatic heterocycles. The van der Waals surface area contributed by atoms with Gasteiger partial charge >= 0.3 is 11.9 Å². The van der Waals surface area contributed by atoms with Gasteiger partial charge in [0, 0.05) is 5.56 Å². The van der Waals surface area contributed by atoms with Crippen LogP contribution in [-0.2, 0) is 23.9 Å². The van der Waals surface area contributed by atoms with Crippen molar-refractivity contribution >= 4 is 40.9 Å². The third kappa shape index (κ3) is 4.85. The van der Waals surface area contributed by atoms with Crippen LogP contribution < -0.4 is 4.74 Å². The molecule has 0 saturated carbocycles. The molecule has 8 nitrogen and oxygen atoms in total. The number of hydrogen-bond acceptors (Lipinski definition) is 8. The molecule has 1 saturated heterocycles. The zero-order valence-electron chi connectivity index (χ0n) is 14.2. The first-order valence-corrected chi connectivity index (χ1v) is 8.47. The highest BCUT2D eigenvalue weighted by atomic mass is 32.2. The summed E-state index contributed by atoms with van der Waals surface area (Å²) in [5, 5.41) is -0.559. The minimum atomic E-state index is -0.688. The Bertz CT molecular complexity index is 759. The summed E-state index contributed by atoms with van der Waals surface area (Å²) in [6.07, 6.45) is 1.47. The Hall–Kier alpha value is -2.81. The number of esters is 2. The first kappa shape index (κ1) is 19.5. The van der Waals surface area contributed by atoms with E-state index in [1.807, 2.05) is 0 Å². The van der Waals surface area contributed by atoms with Crippen LogP contribution in [0.3, 0.4) is 0 Å². The molecule has 0 aliphatic carbocycles. The zero-order chi connectivity index (χ0) is 19.1. The zero-order valence-corrected chi connectivity index (χ0v) is 15.0. The van der Waals surface area contributed by atoms with Crippen molar-refractivity contribution in [2.45, 2.75) is 6.92 Å². The average molecular weight is 379 g/mol.